The van der Waals surface area contributed by atoms with E-state index in [9.17, 15) is 9.59 Å². The highest BCUT2D eigenvalue weighted by molar-refractivity contribution is 6.02. The van der Waals surface area contributed by atoms with Gasteiger partial charge in [0.1, 0.15) is 6.04 Å². The predicted octanol–water partition coefficient (Wildman–Crippen LogP) is 0.361. The van der Waals surface area contributed by atoms with E-state index in [0.717, 1.165) is 11.3 Å². The average molecular weight is 203 g/mol. The highest BCUT2D eigenvalue weighted by atomic mass is 16.2. The van der Waals surface area contributed by atoms with Gasteiger partial charge in [-0.2, -0.15) is 0 Å². The fraction of sp³-hybridized carbons (Fsp3) is 0.200. The number of hydrogen-bond acceptors (Lipinski definition) is 2. The first-order valence-corrected chi connectivity index (χ1v) is 4.72. The fourth-order valence-electron chi connectivity index (χ4n) is 2.06. The zero-order valence-corrected chi connectivity index (χ0v) is 7.78. The van der Waals surface area contributed by atoms with Gasteiger partial charge in [0.25, 0.3) is 0 Å². The maximum Gasteiger partial charge on any atom is 0.316 e. The van der Waals surface area contributed by atoms with Crippen LogP contribution in [0.15, 0.2) is 24.3 Å². The maximum atomic E-state index is 11.6. The lowest BCUT2D eigenvalue weighted by Crippen LogP contribution is -2.43. The van der Waals surface area contributed by atoms with E-state index in [1.165, 1.54) is 0 Å². The van der Waals surface area contributed by atoms with E-state index in [-0.39, 0.29) is 18.0 Å². The van der Waals surface area contributed by atoms with E-state index >= 15 is 0 Å². The van der Waals surface area contributed by atoms with Crippen LogP contribution in [0.4, 0.5) is 10.5 Å². The van der Waals surface area contributed by atoms with E-state index in [4.69, 9.17) is 0 Å². The molecule has 15 heavy (non-hydrogen) atoms. The molecule has 3 rings (SSSR count). The van der Waals surface area contributed by atoms with Crippen LogP contribution in [0.2, 0.25) is 0 Å². The number of para-hydroxylation sites is 1. The summed E-state index contributed by atoms with van der Waals surface area (Å²) in [4.78, 5) is 22.8. The summed E-state index contributed by atoms with van der Waals surface area (Å²) >= 11 is 0. The standard InChI is InChI=1S/C10H9N3O2/c14-9-8-7(12-10(15)13-8)5-3-1-2-4-6(5)11-9/h1-4,7-8H,(H,11,14)(H2,12,13,15). The van der Waals surface area contributed by atoms with Gasteiger partial charge in [-0.25, -0.2) is 4.79 Å². The molecule has 0 aliphatic carbocycles. The Labute approximate surface area is 85.9 Å². The monoisotopic (exact) mass is 203 g/mol. The third kappa shape index (κ3) is 1.09. The molecule has 0 aromatic heterocycles. The summed E-state index contributed by atoms with van der Waals surface area (Å²) in [6.07, 6.45) is 0. The number of carbonyl (C=O) groups is 2. The zero-order chi connectivity index (χ0) is 10.4. The summed E-state index contributed by atoms with van der Waals surface area (Å²) in [6.45, 7) is 0. The molecule has 0 spiro atoms. The van der Waals surface area contributed by atoms with Crippen LogP contribution in [-0.4, -0.2) is 18.0 Å². The fourth-order valence-corrected chi connectivity index (χ4v) is 2.06. The Hall–Kier alpha value is -2.04. The molecule has 5 nitrogen and oxygen atoms in total. The highest BCUT2D eigenvalue weighted by Crippen LogP contribution is 2.32. The van der Waals surface area contributed by atoms with E-state index < -0.39 is 6.04 Å². The van der Waals surface area contributed by atoms with Crippen molar-refractivity contribution in [1.82, 2.24) is 10.6 Å². The van der Waals surface area contributed by atoms with Crippen LogP contribution in [-0.2, 0) is 4.79 Å². The molecule has 1 aromatic carbocycles. The van der Waals surface area contributed by atoms with Gasteiger partial charge >= 0.3 is 6.03 Å². The molecule has 2 heterocycles. The van der Waals surface area contributed by atoms with Gasteiger partial charge in [0.05, 0.1) is 6.04 Å². The first-order valence-electron chi connectivity index (χ1n) is 4.72. The lowest BCUT2D eigenvalue weighted by Gasteiger charge is -2.26. The quantitative estimate of drug-likeness (QED) is 0.569. The summed E-state index contributed by atoms with van der Waals surface area (Å²) in [6, 6.07) is 6.43. The Morgan fingerprint density at radius 3 is 2.60 bits per heavy atom. The third-order valence-electron chi connectivity index (χ3n) is 2.74. The Morgan fingerprint density at radius 1 is 1.00 bits per heavy atom. The number of anilines is 1. The van der Waals surface area contributed by atoms with Crippen molar-refractivity contribution in [2.24, 2.45) is 0 Å². The molecule has 3 amide bonds. The van der Waals surface area contributed by atoms with Crippen molar-refractivity contribution in [3.8, 4) is 0 Å². The van der Waals surface area contributed by atoms with E-state index in [2.05, 4.69) is 16.0 Å². The largest absolute Gasteiger partial charge is 0.329 e. The summed E-state index contributed by atoms with van der Waals surface area (Å²) in [5, 5.41) is 8.07. The van der Waals surface area contributed by atoms with Gasteiger partial charge in [-0.1, -0.05) is 18.2 Å². The number of carbonyl (C=O) groups excluding carboxylic acids is 2. The van der Waals surface area contributed by atoms with Crippen molar-refractivity contribution in [2.75, 3.05) is 5.32 Å². The lowest BCUT2D eigenvalue weighted by molar-refractivity contribution is -0.118. The molecule has 1 aromatic rings. The van der Waals surface area contributed by atoms with Crippen LogP contribution in [0.5, 0.6) is 0 Å². The van der Waals surface area contributed by atoms with Crippen molar-refractivity contribution in [2.45, 2.75) is 12.1 Å². The first kappa shape index (κ1) is 8.28. The van der Waals surface area contributed by atoms with Gasteiger partial charge in [-0.15, -0.1) is 0 Å². The van der Waals surface area contributed by atoms with Gasteiger partial charge in [-0.05, 0) is 6.07 Å². The molecule has 2 atom stereocenters. The topological polar surface area (TPSA) is 70.2 Å². The Kier molecular flexibility index (Phi) is 1.50. The molecule has 2 aliphatic rings. The number of benzene rings is 1. The molecular weight excluding hydrogens is 194 g/mol. The predicted molar refractivity (Wildman–Crippen MR) is 53.3 cm³/mol. The van der Waals surface area contributed by atoms with Crippen LogP contribution in [0, 0.1) is 0 Å². The lowest BCUT2D eigenvalue weighted by atomic mass is 9.95. The highest BCUT2D eigenvalue weighted by Gasteiger charge is 2.42. The molecule has 0 saturated carbocycles. The van der Waals surface area contributed by atoms with Crippen LogP contribution >= 0.6 is 0 Å². The van der Waals surface area contributed by atoms with Crippen LogP contribution in [0.3, 0.4) is 0 Å². The molecular formula is C10H9N3O2. The van der Waals surface area contributed by atoms with Crippen molar-refractivity contribution >= 4 is 17.6 Å². The summed E-state index contributed by atoms with van der Waals surface area (Å²) in [7, 11) is 0. The minimum absolute atomic E-state index is 0.169. The number of fused-ring (bicyclic) bond motifs is 3. The number of nitrogens with one attached hydrogen (secondary N) is 3. The maximum absolute atomic E-state index is 11.6. The smallest absolute Gasteiger partial charge is 0.316 e. The molecule has 76 valence electrons. The Bertz CT molecular complexity index is 458. The summed E-state index contributed by atoms with van der Waals surface area (Å²) in [5.41, 5.74) is 1.72. The molecule has 0 radical (unpaired) electrons. The van der Waals surface area contributed by atoms with E-state index in [0.29, 0.717) is 0 Å². The Morgan fingerprint density at radius 2 is 1.73 bits per heavy atom. The molecule has 5 heteroatoms. The minimum atomic E-state index is -0.493. The summed E-state index contributed by atoms with van der Waals surface area (Å²) in [5.74, 6) is -0.169. The number of rotatable bonds is 0. The number of urea groups is 1. The number of amides is 3. The molecule has 1 fully saturated rings. The van der Waals surface area contributed by atoms with Crippen molar-refractivity contribution in [3.63, 3.8) is 0 Å². The van der Waals surface area contributed by atoms with E-state index in [1.807, 2.05) is 24.3 Å². The average Bonchev–Trinajstić information content (AvgIpc) is 2.61. The molecule has 1 saturated heterocycles. The third-order valence-corrected chi connectivity index (χ3v) is 2.74. The van der Waals surface area contributed by atoms with Gasteiger partial charge in [-0.3, -0.25) is 4.79 Å². The van der Waals surface area contributed by atoms with Gasteiger partial charge in [0.15, 0.2) is 0 Å². The normalized spacial score (nSPS) is 27.2. The zero-order valence-electron chi connectivity index (χ0n) is 7.78. The van der Waals surface area contributed by atoms with Gasteiger partial charge < -0.3 is 16.0 Å². The summed E-state index contributed by atoms with van der Waals surface area (Å²) < 4.78 is 0. The van der Waals surface area contributed by atoms with Crippen LogP contribution in [0.1, 0.15) is 11.6 Å². The van der Waals surface area contributed by atoms with Gasteiger partial charge in [0.2, 0.25) is 5.91 Å². The second-order valence-corrected chi connectivity index (χ2v) is 3.65. The molecule has 2 unspecified atom stereocenters. The van der Waals surface area contributed by atoms with Crippen molar-refractivity contribution in [1.29, 1.82) is 0 Å². The second-order valence-electron chi connectivity index (χ2n) is 3.65. The van der Waals surface area contributed by atoms with Crippen molar-refractivity contribution in [3.05, 3.63) is 29.8 Å². The molecule has 3 N–H and O–H groups in total. The van der Waals surface area contributed by atoms with Crippen molar-refractivity contribution < 1.29 is 9.59 Å². The van der Waals surface area contributed by atoms with Gasteiger partial charge in [0, 0.05) is 11.3 Å². The van der Waals surface area contributed by atoms with E-state index in [1.54, 1.807) is 0 Å². The SMILES string of the molecule is O=C1NC2C(=O)Nc3ccccc3C2N1. The first-order chi connectivity index (χ1) is 7.25. The second kappa shape index (κ2) is 2.73. The molecule has 0 bridgehead atoms. The van der Waals surface area contributed by atoms with Crippen LogP contribution in [0.25, 0.3) is 0 Å². The minimum Gasteiger partial charge on any atom is -0.329 e. The Balaban J connectivity index is 2.11. The molecule has 2 aliphatic heterocycles. The number of hydrogen-bond donors (Lipinski definition) is 3. The van der Waals surface area contributed by atoms with Crippen LogP contribution < -0.4 is 16.0 Å².